The second-order valence-electron chi connectivity index (χ2n) is 3.75. The van der Waals surface area contributed by atoms with Crippen molar-refractivity contribution in [1.29, 1.82) is 0 Å². The number of halogens is 1. The largest absolute Gasteiger partial charge is 0.391 e. The third kappa shape index (κ3) is 4.20. The topological polar surface area (TPSA) is 32.3 Å². The van der Waals surface area contributed by atoms with Gasteiger partial charge in [-0.15, -0.1) is 0 Å². The first kappa shape index (κ1) is 12.5. The lowest BCUT2D eigenvalue weighted by molar-refractivity contribution is 0.173. The smallest absolute Gasteiger partial charge is 0.0704 e. The Morgan fingerprint density at radius 2 is 2.20 bits per heavy atom. The molecule has 0 aliphatic heterocycles. The van der Waals surface area contributed by atoms with Gasteiger partial charge in [0, 0.05) is 11.6 Å². The van der Waals surface area contributed by atoms with Gasteiger partial charge in [-0.25, -0.2) is 0 Å². The van der Waals surface area contributed by atoms with Crippen molar-refractivity contribution in [1.82, 2.24) is 5.32 Å². The minimum atomic E-state index is -0.344. The van der Waals surface area contributed by atoms with Gasteiger partial charge in [-0.3, -0.25) is 0 Å². The normalized spacial score (nSPS) is 12.8. The number of aryl methyl sites for hydroxylation is 1. The van der Waals surface area contributed by atoms with Crippen LogP contribution in [0.4, 0.5) is 0 Å². The van der Waals surface area contributed by atoms with Gasteiger partial charge < -0.3 is 10.4 Å². The highest BCUT2D eigenvalue weighted by Gasteiger charge is 2.05. The summed E-state index contributed by atoms with van der Waals surface area (Å²) < 4.78 is 0. The highest BCUT2D eigenvalue weighted by Crippen LogP contribution is 2.17. The van der Waals surface area contributed by atoms with Gasteiger partial charge in [0.05, 0.1) is 6.10 Å². The van der Waals surface area contributed by atoms with Gasteiger partial charge in [-0.05, 0) is 37.1 Å². The Hall–Kier alpha value is -0.570. The first-order valence-electron chi connectivity index (χ1n) is 5.27. The zero-order valence-electron chi connectivity index (χ0n) is 9.26. The number of aliphatic hydroxyl groups is 1. The number of benzene rings is 1. The Kier molecular flexibility index (Phi) is 5.09. The van der Waals surface area contributed by atoms with Crippen molar-refractivity contribution in [3.05, 3.63) is 34.3 Å². The molecule has 0 saturated heterocycles. The Bertz CT molecular complexity index is 314. The van der Waals surface area contributed by atoms with Crippen molar-refractivity contribution < 1.29 is 5.11 Å². The van der Waals surface area contributed by atoms with Crippen LogP contribution in [0.5, 0.6) is 0 Å². The average Bonchev–Trinajstić information content (AvgIpc) is 2.20. The molecule has 0 aromatic heterocycles. The van der Waals surface area contributed by atoms with Gasteiger partial charge in [0.2, 0.25) is 0 Å². The molecular weight excluding hydrogens is 210 g/mol. The van der Waals surface area contributed by atoms with Gasteiger partial charge in [0.15, 0.2) is 0 Å². The fourth-order valence-electron chi connectivity index (χ4n) is 1.42. The maximum Gasteiger partial charge on any atom is 0.0704 e. The van der Waals surface area contributed by atoms with E-state index < -0.39 is 0 Å². The number of nitrogens with one attached hydrogen (secondary N) is 1. The van der Waals surface area contributed by atoms with Crippen molar-refractivity contribution in [3.63, 3.8) is 0 Å². The van der Waals surface area contributed by atoms with Crippen LogP contribution in [0.25, 0.3) is 0 Å². The third-order valence-electron chi connectivity index (χ3n) is 2.34. The lowest BCUT2D eigenvalue weighted by Crippen LogP contribution is -2.28. The summed E-state index contributed by atoms with van der Waals surface area (Å²) in [6, 6.07) is 5.92. The SMILES string of the molecule is CCNCC(O)Cc1ccc(C)c(Cl)c1. The molecule has 3 heteroatoms. The molecule has 0 amide bonds. The van der Waals surface area contributed by atoms with Crippen molar-refractivity contribution in [3.8, 4) is 0 Å². The summed E-state index contributed by atoms with van der Waals surface area (Å²) in [6.07, 6.45) is 0.302. The van der Waals surface area contributed by atoms with Crippen molar-refractivity contribution in [2.45, 2.75) is 26.4 Å². The minimum Gasteiger partial charge on any atom is -0.391 e. The van der Waals surface area contributed by atoms with Crippen LogP contribution in [-0.4, -0.2) is 24.3 Å². The summed E-state index contributed by atoms with van der Waals surface area (Å²) in [5, 5.41) is 13.6. The first-order chi connectivity index (χ1) is 7.13. The summed E-state index contributed by atoms with van der Waals surface area (Å²) in [5.74, 6) is 0. The van der Waals surface area contributed by atoms with Gasteiger partial charge in [0.1, 0.15) is 0 Å². The van der Waals surface area contributed by atoms with E-state index >= 15 is 0 Å². The molecule has 0 aliphatic carbocycles. The predicted octanol–water partition coefficient (Wildman–Crippen LogP) is 2.16. The van der Waals surface area contributed by atoms with Gasteiger partial charge in [-0.2, -0.15) is 0 Å². The second-order valence-corrected chi connectivity index (χ2v) is 4.16. The third-order valence-corrected chi connectivity index (χ3v) is 2.74. The van der Waals surface area contributed by atoms with E-state index in [0.717, 1.165) is 22.7 Å². The summed E-state index contributed by atoms with van der Waals surface area (Å²) in [6.45, 7) is 5.50. The summed E-state index contributed by atoms with van der Waals surface area (Å²) in [4.78, 5) is 0. The Morgan fingerprint density at radius 3 is 2.80 bits per heavy atom. The molecule has 15 heavy (non-hydrogen) atoms. The standard InChI is InChI=1S/C12H18ClNO/c1-3-14-8-11(15)6-10-5-4-9(2)12(13)7-10/h4-5,7,11,14-15H,3,6,8H2,1-2H3. The zero-order valence-corrected chi connectivity index (χ0v) is 10.0. The fourth-order valence-corrected chi connectivity index (χ4v) is 1.62. The molecule has 2 N–H and O–H groups in total. The highest BCUT2D eigenvalue weighted by atomic mass is 35.5. The minimum absolute atomic E-state index is 0.344. The number of aliphatic hydroxyl groups excluding tert-OH is 1. The van der Waals surface area contributed by atoms with Gasteiger partial charge in [0.25, 0.3) is 0 Å². The van der Waals surface area contributed by atoms with Crippen LogP contribution >= 0.6 is 11.6 Å². The van der Waals surface area contributed by atoms with Crippen LogP contribution in [0.3, 0.4) is 0 Å². The Balaban J connectivity index is 2.53. The van der Waals surface area contributed by atoms with E-state index in [-0.39, 0.29) is 6.10 Å². The van der Waals surface area contributed by atoms with E-state index in [2.05, 4.69) is 5.32 Å². The molecule has 0 aliphatic rings. The molecule has 84 valence electrons. The van der Waals surface area contributed by atoms with E-state index in [1.807, 2.05) is 32.0 Å². The van der Waals surface area contributed by atoms with Gasteiger partial charge >= 0.3 is 0 Å². The number of rotatable bonds is 5. The van der Waals surface area contributed by atoms with Crippen LogP contribution in [0.1, 0.15) is 18.1 Å². The summed E-state index contributed by atoms with van der Waals surface area (Å²) >= 11 is 6.00. The molecular formula is C12H18ClNO. The summed E-state index contributed by atoms with van der Waals surface area (Å²) in [7, 11) is 0. The van der Waals surface area contributed by atoms with Crippen LogP contribution in [0, 0.1) is 6.92 Å². The quantitative estimate of drug-likeness (QED) is 0.808. The fraction of sp³-hybridized carbons (Fsp3) is 0.500. The number of hydrogen-bond acceptors (Lipinski definition) is 2. The van der Waals surface area contributed by atoms with E-state index in [0.29, 0.717) is 13.0 Å². The summed E-state index contributed by atoms with van der Waals surface area (Å²) in [5.41, 5.74) is 2.15. The maximum absolute atomic E-state index is 9.69. The molecule has 1 aromatic carbocycles. The molecule has 0 heterocycles. The predicted molar refractivity (Wildman–Crippen MR) is 64.4 cm³/mol. The lowest BCUT2D eigenvalue weighted by Gasteiger charge is -2.11. The first-order valence-corrected chi connectivity index (χ1v) is 5.65. The molecule has 0 radical (unpaired) electrons. The molecule has 0 saturated carbocycles. The molecule has 2 nitrogen and oxygen atoms in total. The molecule has 1 aromatic rings. The molecule has 1 rings (SSSR count). The van der Waals surface area contributed by atoms with Crippen LogP contribution in [-0.2, 0) is 6.42 Å². The van der Waals surface area contributed by atoms with E-state index in [1.165, 1.54) is 0 Å². The second kappa shape index (κ2) is 6.11. The van der Waals surface area contributed by atoms with Crippen LogP contribution < -0.4 is 5.32 Å². The molecule has 1 unspecified atom stereocenters. The zero-order chi connectivity index (χ0) is 11.3. The molecule has 0 bridgehead atoms. The average molecular weight is 228 g/mol. The lowest BCUT2D eigenvalue weighted by atomic mass is 10.1. The van der Waals surface area contributed by atoms with Crippen molar-refractivity contribution in [2.75, 3.05) is 13.1 Å². The van der Waals surface area contributed by atoms with Crippen molar-refractivity contribution >= 4 is 11.6 Å². The molecule has 0 fully saturated rings. The van der Waals surface area contributed by atoms with E-state index in [9.17, 15) is 5.11 Å². The maximum atomic E-state index is 9.69. The Labute approximate surface area is 96.3 Å². The van der Waals surface area contributed by atoms with Crippen LogP contribution in [0.15, 0.2) is 18.2 Å². The highest BCUT2D eigenvalue weighted by molar-refractivity contribution is 6.31. The van der Waals surface area contributed by atoms with E-state index in [1.54, 1.807) is 0 Å². The Morgan fingerprint density at radius 1 is 1.47 bits per heavy atom. The molecule has 1 atom stereocenters. The number of likely N-dealkylation sites (N-methyl/N-ethyl adjacent to an activating group) is 1. The van der Waals surface area contributed by atoms with E-state index in [4.69, 9.17) is 11.6 Å². The van der Waals surface area contributed by atoms with Crippen molar-refractivity contribution in [2.24, 2.45) is 0 Å². The van der Waals surface area contributed by atoms with Gasteiger partial charge in [-0.1, -0.05) is 30.7 Å². The monoisotopic (exact) mass is 227 g/mol. The number of hydrogen-bond donors (Lipinski definition) is 2. The van der Waals surface area contributed by atoms with Crippen LogP contribution in [0.2, 0.25) is 5.02 Å². The molecule has 0 spiro atoms.